The molecule has 8 unspecified atom stereocenters. The molecule has 0 radical (unpaired) electrons. The number of phosphoric acid groups is 1. The number of nitrogens with one attached hydrogen (secondary N) is 1. The van der Waals surface area contributed by atoms with Crippen molar-refractivity contribution in [3.63, 3.8) is 0 Å². The van der Waals surface area contributed by atoms with E-state index in [2.05, 4.69) is 19.2 Å². The van der Waals surface area contributed by atoms with Crippen LogP contribution >= 0.6 is 7.82 Å². The molecule has 0 heterocycles. The third kappa shape index (κ3) is 26.6. The van der Waals surface area contributed by atoms with Crippen molar-refractivity contribution in [2.75, 3.05) is 6.61 Å². The molecule has 58 heavy (non-hydrogen) atoms. The third-order valence-corrected chi connectivity index (χ3v) is 12.7. The Labute approximate surface area is 351 Å². The Morgan fingerprint density at radius 3 is 1.24 bits per heavy atom. The van der Waals surface area contributed by atoms with Gasteiger partial charge < -0.3 is 46.0 Å². The predicted octanol–water partition coefficient (Wildman–Crippen LogP) is 7.65. The quantitative estimate of drug-likeness (QED) is 0.0215. The maximum atomic E-state index is 13.0. The van der Waals surface area contributed by atoms with Gasteiger partial charge in [-0.3, -0.25) is 13.8 Å². The zero-order valence-corrected chi connectivity index (χ0v) is 37.4. The van der Waals surface area contributed by atoms with E-state index in [1.165, 1.54) is 122 Å². The molecule has 13 nitrogen and oxygen atoms in total. The van der Waals surface area contributed by atoms with Gasteiger partial charge in [0.25, 0.3) is 0 Å². The van der Waals surface area contributed by atoms with E-state index in [1.807, 2.05) is 0 Å². The van der Waals surface area contributed by atoms with E-state index < -0.39 is 75.2 Å². The first-order chi connectivity index (χ1) is 27.8. The van der Waals surface area contributed by atoms with E-state index in [0.29, 0.717) is 12.8 Å². The molecule has 0 bridgehead atoms. The van der Waals surface area contributed by atoms with Crippen molar-refractivity contribution in [3.8, 4) is 0 Å². The van der Waals surface area contributed by atoms with Gasteiger partial charge in [-0.05, 0) is 12.8 Å². The summed E-state index contributed by atoms with van der Waals surface area (Å²) in [5, 5.41) is 74.5. The van der Waals surface area contributed by atoms with E-state index in [0.717, 1.165) is 51.4 Å². The van der Waals surface area contributed by atoms with Crippen LogP contribution in [-0.2, 0) is 18.4 Å². The molecule has 8 atom stereocenters. The van der Waals surface area contributed by atoms with Crippen LogP contribution in [0, 0.1) is 0 Å². The number of aliphatic hydroxyl groups is 7. The molecule has 1 rings (SSSR count). The normalized spacial score (nSPS) is 23.7. The number of phosphoric ester groups is 1. The Bertz CT molecular complexity index is 1010. The minimum atomic E-state index is -5.11. The fourth-order valence-corrected chi connectivity index (χ4v) is 8.80. The smallest absolute Gasteiger partial charge is 0.393 e. The van der Waals surface area contributed by atoms with Crippen molar-refractivity contribution >= 4 is 13.7 Å². The first-order valence-electron chi connectivity index (χ1n) is 23.6. The number of unbranched alkanes of at least 4 members (excludes halogenated alkanes) is 26. The molecule has 0 aromatic rings. The Kier molecular flexibility index (Phi) is 33.2. The van der Waals surface area contributed by atoms with E-state index >= 15 is 0 Å². The summed E-state index contributed by atoms with van der Waals surface area (Å²) in [6.07, 6.45) is 20.2. The van der Waals surface area contributed by atoms with Gasteiger partial charge in [0.05, 0.1) is 31.3 Å². The lowest BCUT2D eigenvalue weighted by Crippen LogP contribution is -2.64. The molecule has 346 valence electrons. The second-order valence-corrected chi connectivity index (χ2v) is 18.6. The van der Waals surface area contributed by atoms with Crippen molar-refractivity contribution in [1.82, 2.24) is 5.32 Å². The molecule has 14 heteroatoms. The van der Waals surface area contributed by atoms with Crippen LogP contribution < -0.4 is 5.32 Å². The highest BCUT2D eigenvalue weighted by Crippen LogP contribution is 2.47. The standard InChI is InChI=1S/C44H88NO12P/c1-3-5-7-9-11-13-14-15-16-17-18-19-20-21-22-24-26-28-30-32-37(47)36(45-38(48)33-35(46)31-29-27-25-23-12-10-8-6-4-2)34-56-58(54,55)57-44-42(52)40(50)39(49)41(51)43(44)53/h35-37,39-44,46-47,49-53H,3-34H2,1-2H3,(H,45,48)(H,54,55). The Balaban J connectivity index is 2.48. The van der Waals surface area contributed by atoms with Gasteiger partial charge in [-0.25, -0.2) is 4.57 Å². The number of hydrogen-bond acceptors (Lipinski definition) is 11. The lowest BCUT2D eigenvalue weighted by atomic mass is 9.85. The van der Waals surface area contributed by atoms with E-state index in [-0.39, 0.29) is 12.8 Å². The second-order valence-electron chi connectivity index (χ2n) is 17.2. The molecule has 0 saturated heterocycles. The molecule has 0 aromatic heterocycles. The highest BCUT2D eigenvalue weighted by atomic mass is 31.2. The molecule has 1 fully saturated rings. The average molecular weight is 854 g/mol. The monoisotopic (exact) mass is 854 g/mol. The summed E-state index contributed by atoms with van der Waals surface area (Å²) in [4.78, 5) is 23.4. The molecule has 1 aliphatic rings. The lowest BCUT2D eigenvalue weighted by molar-refractivity contribution is -0.220. The van der Waals surface area contributed by atoms with Gasteiger partial charge in [0, 0.05) is 0 Å². The number of carbonyl (C=O) groups excluding carboxylic acids is 1. The van der Waals surface area contributed by atoms with Crippen LogP contribution in [0.5, 0.6) is 0 Å². The largest absolute Gasteiger partial charge is 0.472 e. The lowest BCUT2D eigenvalue weighted by Gasteiger charge is -2.41. The van der Waals surface area contributed by atoms with Crippen LogP contribution in [0.2, 0.25) is 0 Å². The molecule has 1 aliphatic carbocycles. The van der Waals surface area contributed by atoms with E-state index in [4.69, 9.17) is 9.05 Å². The maximum Gasteiger partial charge on any atom is 0.472 e. The van der Waals surface area contributed by atoms with Crippen molar-refractivity contribution in [2.45, 2.75) is 268 Å². The Hall–Kier alpha value is -0.700. The van der Waals surface area contributed by atoms with Crippen molar-refractivity contribution in [2.24, 2.45) is 0 Å². The van der Waals surface area contributed by atoms with Crippen LogP contribution in [0.15, 0.2) is 0 Å². The maximum absolute atomic E-state index is 13.0. The topological polar surface area (TPSA) is 226 Å². The zero-order chi connectivity index (χ0) is 43.0. The summed E-state index contributed by atoms with van der Waals surface area (Å²) in [6.45, 7) is 3.77. The SMILES string of the molecule is CCCCCCCCCCCCCCCCCCCCCC(O)C(COP(=O)(O)OC1C(O)C(O)C(O)C(O)C1O)NC(=O)CC(O)CCCCCCCCCCC. The molecule has 1 saturated carbocycles. The van der Waals surface area contributed by atoms with Crippen LogP contribution in [-0.4, -0.2) is 108 Å². The molecule has 1 amide bonds. The van der Waals surface area contributed by atoms with Crippen molar-refractivity contribution in [3.05, 3.63) is 0 Å². The fourth-order valence-electron chi connectivity index (χ4n) is 7.83. The number of carbonyl (C=O) groups is 1. The number of aliphatic hydroxyl groups excluding tert-OH is 7. The molecule has 0 spiro atoms. The number of amides is 1. The van der Waals surface area contributed by atoms with Crippen LogP contribution in [0.3, 0.4) is 0 Å². The summed E-state index contributed by atoms with van der Waals surface area (Å²) in [5.74, 6) is -0.559. The summed E-state index contributed by atoms with van der Waals surface area (Å²) in [7, 11) is -5.11. The van der Waals surface area contributed by atoms with Gasteiger partial charge in [-0.2, -0.15) is 0 Å². The summed E-state index contributed by atoms with van der Waals surface area (Å²) in [5.41, 5.74) is 0. The fraction of sp³-hybridized carbons (Fsp3) is 0.977. The molecule has 0 aliphatic heterocycles. The number of hydrogen-bond donors (Lipinski definition) is 9. The van der Waals surface area contributed by atoms with Crippen molar-refractivity contribution in [1.29, 1.82) is 0 Å². The van der Waals surface area contributed by atoms with Gasteiger partial charge in [-0.1, -0.05) is 194 Å². The zero-order valence-electron chi connectivity index (χ0n) is 36.5. The molecule has 0 aromatic carbocycles. The second kappa shape index (κ2) is 34.8. The van der Waals surface area contributed by atoms with E-state index in [1.54, 1.807) is 0 Å². The summed E-state index contributed by atoms with van der Waals surface area (Å²) in [6, 6.07) is -1.15. The van der Waals surface area contributed by atoms with Gasteiger partial charge in [0.1, 0.15) is 36.6 Å². The van der Waals surface area contributed by atoms with Gasteiger partial charge >= 0.3 is 7.82 Å². The third-order valence-electron chi connectivity index (χ3n) is 11.7. The van der Waals surface area contributed by atoms with Crippen LogP contribution in [0.1, 0.15) is 213 Å². The predicted molar refractivity (Wildman–Crippen MR) is 229 cm³/mol. The van der Waals surface area contributed by atoms with Gasteiger partial charge in [0.15, 0.2) is 0 Å². The van der Waals surface area contributed by atoms with Crippen LogP contribution in [0.25, 0.3) is 0 Å². The van der Waals surface area contributed by atoms with Crippen molar-refractivity contribution < 1.29 is 59.0 Å². The minimum Gasteiger partial charge on any atom is -0.393 e. The minimum absolute atomic E-state index is 0.217. The first-order valence-corrected chi connectivity index (χ1v) is 25.1. The van der Waals surface area contributed by atoms with Crippen LogP contribution in [0.4, 0.5) is 0 Å². The average Bonchev–Trinajstić information content (AvgIpc) is 3.19. The highest BCUT2D eigenvalue weighted by molar-refractivity contribution is 7.47. The molecule has 9 N–H and O–H groups in total. The Morgan fingerprint density at radius 1 is 0.534 bits per heavy atom. The van der Waals surface area contributed by atoms with Gasteiger partial charge in [-0.15, -0.1) is 0 Å². The van der Waals surface area contributed by atoms with E-state index in [9.17, 15) is 50.0 Å². The summed E-state index contributed by atoms with van der Waals surface area (Å²) < 4.78 is 22.9. The highest BCUT2D eigenvalue weighted by Gasteiger charge is 2.51. The Morgan fingerprint density at radius 2 is 0.862 bits per heavy atom. The number of rotatable bonds is 39. The molecular formula is C44H88NO12P. The summed E-state index contributed by atoms with van der Waals surface area (Å²) >= 11 is 0. The molecular weight excluding hydrogens is 765 g/mol. The van der Waals surface area contributed by atoms with Gasteiger partial charge in [0.2, 0.25) is 5.91 Å². The first kappa shape index (κ1) is 55.3.